The van der Waals surface area contributed by atoms with Gasteiger partial charge >= 0.3 is 0 Å². The van der Waals surface area contributed by atoms with Crippen LogP contribution in [0.2, 0.25) is 0 Å². The molecule has 4 aromatic rings. The van der Waals surface area contributed by atoms with E-state index in [2.05, 4.69) is 5.16 Å². The van der Waals surface area contributed by atoms with Gasteiger partial charge in [-0.1, -0.05) is 60.7 Å². The third kappa shape index (κ3) is 6.19. The van der Waals surface area contributed by atoms with E-state index in [1.807, 2.05) is 79.4 Å². The topological polar surface area (TPSA) is 150 Å². The molecule has 1 aromatic heterocycles. The standard InChI is InChI=1S/C41H44N2O10/c1-22(2)52-35-26-17-25-18-28-33(43(3)4)36-32(39(42-53-36)51-21-24-15-11-8-12-16-24)38(46)41(28,47)37(45)30(25)34(44)31(26)29(19-27(35)40(48-5)49-6)50-20-23-13-9-7-10-14-23/h7-16,19,22,25,28,33,40,45,47H,17-18,20-21H2,1-6H3/t25-,28-,33-,41-/m0/s1. The molecule has 0 unspecified atom stereocenters. The lowest BCUT2D eigenvalue weighted by Crippen LogP contribution is -2.59. The van der Waals surface area contributed by atoms with Crippen molar-refractivity contribution in [3.63, 3.8) is 0 Å². The number of ether oxygens (including phenoxy) is 5. The number of carbonyl (C=O) groups excluding carboxylic acids is 2. The number of nitrogens with zero attached hydrogens (tertiary/aromatic N) is 2. The van der Waals surface area contributed by atoms with Gasteiger partial charge < -0.3 is 38.4 Å². The molecular formula is C41H44N2O10. The predicted molar refractivity (Wildman–Crippen MR) is 192 cm³/mol. The third-order valence-electron chi connectivity index (χ3n) is 10.4. The first-order valence-corrected chi connectivity index (χ1v) is 17.7. The fourth-order valence-corrected chi connectivity index (χ4v) is 8.06. The van der Waals surface area contributed by atoms with Crippen molar-refractivity contribution in [1.82, 2.24) is 10.1 Å². The molecule has 0 amide bonds. The van der Waals surface area contributed by atoms with Crippen molar-refractivity contribution in [3.8, 4) is 17.4 Å². The SMILES string of the molecule is COC(OC)c1cc(OCc2ccccc2)c2c(c1OC(C)C)C[C@H]1C[C@H]3[C@H](N(C)C)c4onc(OCc5ccccc5)c4C(=O)[C@@]3(O)C(O)=C1C2=O. The quantitative estimate of drug-likeness (QED) is 0.157. The number of aliphatic hydroxyl groups excluding tert-OH is 1. The monoisotopic (exact) mass is 724 g/mol. The fourth-order valence-electron chi connectivity index (χ4n) is 8.06. The van der Waals surface area contributed by atoms with Crippen LogP contribution >= 0.6 is 0 Å². The largest absolute Gasteiger partial charge is 0.508 e. The molecule has 12 heteroatoms. The Morgan fingerprint density at radius 1 is 0.943 bits per heavy atom. The van der Waals surface area contributed by atoms with Gasteiger partial charge in [-0.25, -0.2) is 0 Å². The zero-order chi connectivity index (χ0) is 37.6. The molecule has 0 bridgehead atoms. The van der Waals surface area contributed by atoms with E-state index < -0.39 is 47.1 Å². The fraction of sp³-hybridized carbons (Fsp3) is 0.390. The molecule has 2 N–H and O–H groups in total. The van der Waals surface area contributed by atoms with Crippen molar-refractivity contribution in [1.29, 1.82) is 0 Å². The van der Waals surface area contributed by atoms with Crippen molar-refractivity contribution >= 4 is 11.6 Å². The molecule has 1 heterocycles. The average Bonchev–Trinajstić information content (AvgIpc) is 3.56. The zero-order valence-corrected chi connectivity index (χ0v) is 30.6. The van der Waals surface area contributed by atoms with Crippen LogP contribution in [0.15, 0.2) is 82.6 Å². The van der Waals surface area contributed by atoms with Crippen LogP contribution in [0.5, 0.6) is 17.4 Å². The summed E-state index contributed by atoms with van der Waals surface area (Å²) < 4.78 is 35.9. The van der Waals surface area contributed by atoms with E-state index in [0.717, 1.165) is 11.1 Å². The second kappa shape index (κ2) is 14.4. The first-order valence-electron chi connectivity index (χ1n) is 17.7. The first kappa shape index (κ1) is 36.4. The van der Waals surface area contributed by atoms with Crippen LogP contribution in [-0.2, 0) is 29.1 Å². The molecule has 3 aromatic carbocycles. The molecule has 4 atom stereocenters. The van der Waals surface area contributed by atoms with Crippen LogP contribution in [0.1, 0.15) is 81.3 Å². The van der Waals surface area contributed by atoms with E-state index in [4.69, 9.17) is 28.2 Å². The molecule has 53 heavy (non-hydrogen) atoms. The van der Waals surface area contributed by atoms with Crippen molar-refractivity contribution in [2.75, 3.05) is 28.3 Å². The van der Waals surface area contributed by atoms with Gasteiger partial charge in [0.05, 0.1) is 23.3 Å². The molecule has 3 aliphatic carbocycles. The number of aromatic nitrogens is 1. The summed E-state index contributed by atoms with van der Waals surface area (Å²) in [6.07, 6.45) is -0.743. The van der Waals surface area contributed by atoms with E-state index >= 15 is 0 Å². The smallest absolute Gasteiger partial charge is 0.265 e. The number of fused-ring (bicyclic) bond motifs is 4. The number of methoxy groups -OCH3 is 2. The van der Waals surface area contributed by atoms with Crippen molar-refractivity contribution < 1.29 is 48.0 Å². The van der Waals surface area contributed by atoms with Gasteiger partial charge in [0.25, 0.3) is 5.88 Å². The summed E-state index contributed by atoms with van der Waals surface area (Å²) in [4.78, 5) is 31.3. The number of aliphatic hydroxyl groups is 2. The van der Waals surface area contributed by atoms with Crippen LogP contribution in [0.25, 0.3) is 0 Å². The van der Waals surface area contributed by atoms with Crippen LogP contribution in [0.3, 0.4) is 0 Å². The summed E-state index contributed by atoms with van der Waals surface area (Å²) in [5.74, 6) is -2.85. The molecule has 0 saturated heterocycles. The normalized spacial score (nSPS) is 22.1. The molecule has 0 spiro atoms. The van der Waals surface area contributed by atoms with E-state index in [9.17, 15) is 19.8 Å². The lowest BCUT2D eigenvalue weighted by atomic mass is 9.58. The van der Waals surface area contributed by atoms with Gasteiger partial charge in [-0.05, 0) is 69.1 Å². The Balaban J connectivity index is 1.37. The summed E-state index contributed by atoms with van der Waals surface area (Å²) >= 11 is 0. The predicted octanol–water partition coefficient (Wildman–Crippen LogP) is 6.33. The number of hydrogen-bond donors (Lipinski definition) is 2. The Labute approximate surface area is 307 Å². The highest BCUT2D eigenvalue weighted by molar-refractivity contribution is 6.16. The molecule has 3 aliphatic rings. The molecule has 278 valence electrons. The highest BCUT2D eigenvalue weighted by atomic mass is 16.7. The number of hydrogen-bond acceptors (Lipinski definition) is 12. The maximum atomic E-state index is 14.9. The lowest BCUT2D eigenvalue weighted by Gasteiger charge is -2.49. The summed E-state index contributed by atoms with van der Waals surface area (Å²) in [7, 11) is 6.62. The maximum absolute atomic E-state index is 14.9. The van der Waals surface area contributed by atoms with Gasteiger partial charge in [-0.15, -0.1) is 0 Å². The third-order valence-corrected chi connectivity index (χ3v) is 10.4. The van der Waals surface area contributed by atoms with Crippen LogP contribution < -0.4 is 14.2 Å². The van der Waals surface area contributed by atoms with Gasteiger partial charge in [0.2, 0.25) is 5.78 Å². The molecule has 0 radical (unpaired) electrons. The second-order valence-electron chi connectivity index (χ2n) is 14.2. The van der Waals surface area contributed by atoms with E-state index in [0.29, 0.717) is 16.9 Å². The summed E-state index contributed by atoms with van der Waals surface area (Å²) in [6.45, 7) is 4.00. The van der Waals surface area contributed by atoms with Gasteiger partial charge in [0, 0.05) is 31.3 Å². The lowest BCUT2D eigenvalue weighted by molar-refractivity contribution is -0.107. The Kier molecular flexibility index (Phi) is 9.90. The average molecular weight is 725 g/mol. The molecule has 0 aliphatic heterocycles. The number of carbonyl (C=O) groups is 2. The number of allylic oxidation sites excluding steroid dienone is 1. The van der Waals surface area contributed by atoms with Gasteiger partial charge in [-0.2, -0.15) is 0 Å². The number of ketones is 2. The number of benzene rings is 3. The Hall–Kier alpha value is -5.01. The first-order chi connectivity index (χ1) is 25.5. The van der Waals surface area contributed by atoms with Gasteiger partial charge in [-0.3, -0.25) is 14.5 Å². The van der Waals surface area contributed by atoms with Crippen LogP contribution in [-0.4, -0.2) is 71.9 Å². The van der Waals surface area contributed by atoms with E-state index in [-0.39, 0.29) is 66.2 Å². The molecule has 7 rings (SSSR count). The van der Waals surface area contributed by atoms with Gasteiger partial charge in [0.15, 0.2) is 23.4 Å². The zero-order valence-electron chi connectivity index (χ0n) is 30.6. The summed E-state index contributed by atoms with van der Waals surface area (Å²) in [5, 5.41) is 28.8. The summed E-state index contributed by atoms with van der Waals surface area (Å²) in [6, 6.07) is 19.8. The number of rotatable bonds is 12. The van der Waals surface area contributed by atoms with E-state index in [1.54, 1.807) is 20.2 Å². The highest BCUT2D eigenvalue weighted by Gasteiger charge is 2.64. The van der Waals surface area contributed by atoms with Gasteiger partial charge in [0.1, 0.15) is 36.0 Å². The van der Waals surface area contributed by atoms with Crippen LogP contribution in [0, 0.1) is 11.8 Å². The van der Waals surface area contributed by atoms with E-state index in [1.165, 1.54) is 14.2 Å². The maximum Gasteiger partial charge on any atom is 0.265 e. The van der Waals surface area contributed by atoms with Crippen molar-refractivity contribution in [3.05, 3.63) is 117 Å². The highest BCUT2D eigenvalue weighted by Crippen LogP contribution is 2.57. The van der Waals surface area contributed by atoms with Crippen LogP contribution in [0.4, 0.5) is 0 Å². The molecule has 0 saturated carbocycles. The Bertz CT molecular complexity index is 2040. The minimum atomic E-state index is -2.48. The minimum Gasteiger partial charge on any atom is -0.508 e. The van der Waals surface area contributed by atoms with Crippen molar-refractivity contribution in [2.24, 2.45) is 11.8 Å². The molecule has 12 nitrogen and oxygen atoms in total. The summed E-state index contributed by atoms with van der Waals surface area (Å²) in [5.41, 5.74) is 0.398. The van der Waals surface area contributed by atoms with Crippen molar-refractivity contribution in [2.45, 2.75) is 63.9 Å². The second-order valence-corrected chi connectivity index (χ2v) is 14.2. The minimum absolute atomic E-state index is 0.0448. The Morgan fingerprint density at radius 2 is 1.57 bits per heavy atom. The molecular weight excluding hydrogens is 680 g/mol. The number of Topliss-reactive ketones (excluding diaryl/α,β-unsaturated/α-hetero) is 2. The molecule has 0 fully saturated rings. The Morgan fingerprint density at radius 3 is 2.15 bits per heavy atom.